The molecule has 0 aliphatic carbocycles. The third-order valence-corrected chi connectivity index (χ3v) is 3.54. The summed E-state index contributed by atoms with van der Waals surface area (Å²) in [4.78, 5) is 2.41. The molecular formula is C16H24N2O. The first-order valence-electron chi connectivity index (χ1n) is 7.11. The molecule has 0 saturated carbocycles. The van der Waals surface area contributed by atoms with Crippen LogP contribution in [0.2, 0.25) is 0 Å². The van der Waals surface area contributed by atoms with Gasteiger partial charge in [-0.1, -0.05) is 25.1 Å². The second kappa shape index (κ2) is 6.22. The molecule has 0 saturated heterocycles. The third kappa shape index (κ3) is 2.99. The first kappa shape index (κ1) is 14.1. The molecule has 3 heteroatoms. The molecule has 2 aromatic rings. The van der Waals surface area contributed by atoms with Crippen LogP contribution in [0.5, 0.6) is 0 Å². The number of fused-ring (bicyclic) bond motifs is 1. The normalized spacial score (nSPS) is 13.6. The fourth-order valence-electron chi connectivity index (χ4n) is 2.61. The summed E-state index contributed by atoms with van der Waals surface area (Å²) in [6.45, 7) is 8.23. The number of nitrogens with zero attached hydrogens (tertiary/aromatic N) is 1. The molecule has 2 N–H and O–H groups in total. The highest BCUT2D eigenvalue weighted by atomic mass is 16.3. The Hall–Kier alpha value is -1.32. The van der Waals surface area contributed by atoms with Gasteiger partial charge in [-0.15, -0.1) is 0 Å². The maximum atomic E-state index is 5.99. The number of hydrogen-bond donors (Lipinski definition) is 1. The number of hydrogen-bond acceptors (Lipinski definition) is 3. The van der Waals surface area contributed by atoms with Crippen molar-refractivity contribution in [3.63, 3.8) is 0 Å². The third-order valence-electron chi connectivity index (χ3n) is 3.54. The van der Waals surface area contributed by atoms with E-state index in [1.54, 1.807) is 0 Å². The molecule has 0 spiro atoms. The number of benzene rings is 1. The maximum absolute atomic E-state index is 5.99. The van der Waals surface area contributed by atoms with Crippen LogP contribution in [-0.2, 0) is 0 Å². The molecular weight excluding hydrogens is 236 g/mol. The van der Waals surface area contributed by atoms with E-state index in [2.05, 4.69) is 37.8 Å². The van der Waals surface area contributed by atoms with Gasteiger partial charge in [-0.25, -0.2) is 0 Å². The highest BCUT2D eigenvalue weighted by Crippen LogP contribution is 2.28. The van der Waals surface area contributed by atoms with E-state index < -0.39 is 0 Å². The van der Waals surface area contributed by atoms with Crippen LogP contribution in [0.15, 0.2) is 34.7 Å². The molecule has 0 aliphatic heterocycles. The van der Waals surface area contributed by atoms with Crippen LogP contribution in [0.4, 0.5) is 0 Å². The summed E-state index contributed by atoms with van der Waals surface area (Å²) in [5, 5.41) is 1.15. The van der Waals surface area contributed by atoms with Gasteiger partial charge in [0.15, 0.2) is 0 Å². The van der Waals surface area contributed by atoms with Gasteiger partial charge in [-0.2, -0.15) is 0 Å². The minimum atomic E-state index is 0.160. The zero-order valence-electron chi connectivity index (χ0n) is 12.1. The molecule has 104 valence electrons. The monoisotopic (exact) mass is 260 g/mol. The fraction of sp³-hybridized carbons (Fsp3) is 0.500. The Morgan fingerprint density at radius 1 is 1.26 bits per heavy atom. The summed E-state index contributed by atoms with van der Waals surface area (Å²) in [6.07, 6.45) is 1.12. The highest BCUT2D eigenvalue weighted by Gasteiger charge is 2.24. The topological polar surface area (TPSA) is 42.4 Å². The van der Waals surface area contributed by atoms with Crippen molar-refractivity contribution in [1.82, 2.24) is 4.90 Å². The zero-order chi connectivity index (χ0) is 13.8. The molecule has 3 nitrogen and oxygen atoms in total. The van der Waals surface area contributed by atoms with Crippen LogP contribution >= 0.6 is 0 Å². The highest BCUT2D eigenvalue weighted by molar-refractivity contribution is 5.77. The van der Waals surface area contributed by atoms with E-state index in [0.717, 1.165) is 29.7 Å². The second-order valence-corrected chi connectivity index (χ2v) is 5.27. The van der Waals surface area contributed by atoms with Crippen molar-refractivity contribution in [2.75, 3.05) is 13.1 Å². The Morgan fingerprint density at radius 3 is 2.58 bits per heavy atom. The number of para-hydroxylation sites is 1. The smallest absolute Gasteiger partial charge is 0.134 e. The molecule has 0 radical (unpaired) electrons. The summed E-state index contributed by atoms with van der Waals surface area (Å²) in [5.41, 5.74) is 6.93. The predicted molar refractivity (Wildman–Crippen MR) is 80.1 cm³/mol. The molecule has 2 rings (SSSR count). The van der Waals surface area contributed by atoms with Crippen LogP contribution in [0.25, 0.3) is 11.0 Å². The first-order chi connectivity index (χ1) is 9.17. The molecule has 1 unspecified atom stereocenters. The van der Waals surface area contributed by atoms with Crippen molar-refractivity contribution >= 4 is 11.0 Å². The van der Waals surface area contributed by atoms with Gasteiger partial charge in [0, 0.05) is 18.0 Å². The molecule has 1 aromatic heterocycles. The van der Waals surface area contributed by atoms with Crippen LogP contribution in [0, 0.1) is 0 Å². The lowest BCUT2D eigenvalue weighted by Crippen LogP contribution is -2.39. The van der Waals surface area contributed by atoms with Crippen molar-refractivity contribution in [3.05, 3.63) is 36.1 Å². The van der Waals surface area contributed by atoms with Gasteiger partial charge in [0.2, 0.25) is 0 Å². The van der Waals surface area contributed by atoms with Gasteiger partial charge in [0.25, 0.3) is 0 Å². The lowest BCUT2D eigenvalue weighted by molar-refractivity contribution is 0.141. The fourth-order valence-corrected chi connectivity index (χ4v) is 2.61. The van der Waals surface area contributed by atoms with Gasteiger partial charge in [0.05, 0.1) is 6.04 Å². The standard InChI is InChI=1S/C16H24N2O/c1-4-9-18(12(2)3)14(11-17)16-10-13-7-5-6-8-15(13)19-16/h5-8,10,12,14H,4,9,11,17H2,1-3H3. The molecule has 0 aliphatic rings. The minimum absolute atomic E-state index is 0.160. The Kier molecular flexibility index (Phi) is 4.61. The summed E-state index contributed by atoms with van der Waals surface area (Å²) in [7, 11) is 0. The van der Waals surface area contributed by atoms with Crippen LogP contribution in [-0.4, -0.2) is 24.0 Å². The average Bonchev–Trinajstić information content (AvgIpc) is 2.81. The molecule has 0 fully saturated rings. The van der Waals surface area contributed by atoms with Crippen LogP contribution in [0.3, 0.4) is 0 Å². The first-order valence-corrected chi connectivity index (χ1v) is 7.11. The quantitative estimate of drug-likeness (QED) is 0.863. The van der Waals surface area contributed by atoms with Gasteiger partial charge in [-0.05, 0) is 38.9 Å². The van der Waals surface area contributed by atoms with Crippen LogP contribution < -0.4 is 5.73 Å². The van der Waals surface area contributed by atoms with E-state index in [1.165, 1.54) is 0 Å². The van der Waals surface area contributed by atoms with Crippen molar-refractivity contribution in [3.8, 4) is 0 Å². The largest absolute Gasteiger partial charge is 0.459 e. The van der Waals surface area contributed by atoms with Crippen LogP contribution in [0.1, 0.15) is 39.0 Å². The Labute approximate surface area is 115 Å². The van der Waals surface area contributed by atoms with E-state index in [0.29, 0.717) is 12.6 Å². The van der Waals surface area contributed by atoms with E-state index in [-0.39, 0.29) is 6.04 Å². The molecule has 1 heterocycles. The van der Waals surface area contributed by atoms with Crippen molar-refractivity contribution in [1.29, 1.82) is 0 Å². The summed E-state index contributed by atoms with van der Waals surface area (Å²) >= 11 is 0. The molecule has 1 aromatic carbocycles. The Balaban J connectivity index is 2.34. The maximum Gasteiger partial charge on any atom is 0.134 e. The van der Waals surface area contributed by atoms with E-state index in [9.17, 15) is 0 Å². The molecule has 0 bridgehead atoms. The molecule has 19 heavy (non-hydrogen) atoms. The molecule has 1 atom stereocenters. The summed E-state index contributed by atoms with van der Waals surface area (Å²) in [5.74, 6) is 0.978. The van der Waals surface area contributed by atoms with Crippen molar-refractivity contribution in [2.45, 2.75) is 39.3 Å². The predicted octanol–water partition coefficient (Wildman–Crippen LogP) is 3.55. The van der Waals surface area contributed by atoms with Crippen molar-refractivity contribution in [2.24, 2.45) is 5.73 Å². The van der Waals surface area contributed by atoms with Gasteiger partial charge in [0.1, 0.15) is 11.3 Å². The minimum Gasteiger partial charge on any atom is -0.459 e. The number of nitrogens with two attached hydrogens (primary N) is 1. The van der Waals surface area contributed by atoms with Gasteiger partial charge in [-0.3, -0.25) is 4.90 Å². The van der Waals surface area contributed by atoms with Gasteiger partial charge >= 0.3 is 0 Å². The second-order valence-electron chi connectivity index (χ2n) is 5.27. The van der Waals surface area contributed by atoms with Crippen molar-refractivity contribution < 1.29 is 4.42 Å². The van der Waals surface area contributed by atoms with E-state index in [1.807, 2.05) is 18.2 Å². The SMILES string of the molecule is CCCN(C(C)C)C(CN)c1cc2ccccc2o1. The Bertz CT molecular complexity index is 485. The lowest BCUT2D eigenvalue weighted by atomic mass is 10.1. The average molecular weight is 260 g/mol. The number of rotatable bonds is 6. The van der Waals surface area contributed by atoms with Gasteiger partial charge < -0.3 is 10.2 Å². The zero-order valence-corrected chi connectivity index (χ0v) is 12.1. The molecule has 0 amide bonds. The summed E-state index contributed by atoms with van der Waals surface area (Å²) < 4.78 is 5.98. The lowest BCUT2D eigenvalue weighted by Gasteiger charge is -2.32. The number of furan rings is 1. The summed E-state index contributed by atoms with van der Waals surface area (Å²) in [6, 6.07) is 10.9. The van der Waals surface area contributed by atoms with E-state index in [4.69, 9.17) is 10.2 Å². The van der Waals surface area contributed by atoms with E-state index >= 15 is 0 Å². The Morgan fingerprint density at radius 2 is 2.00 bits per heavy atom.